The molecule has 1 aliphatic rings. The third-order valence-electron chi connectivity index (χ3n) is 10.7. The lowest BCUT2D eigenvalue weighted by atomic mass is 9.74. The molecule has 0 radical (unpaired) electrons. The fourth-order valence-electron chi connectivity index (χ4n) is 7.78. The van der Waals surface area contributed by atoms with Crippen molar-refractivity contribution in [3.05, 3.63) is 200 Å². The molecule has 53 heavy (non-hydrogen) atoms. The van der Waals surface area contributed by atoms with Gasteiger partial charge in [-0.1, -0.05) is 148 Å². The third-order valence-corrected chi connectivity index (χ3v) is 10.7. The first kappa shape index (κ1) is 32.3. The van der Waals surface area contributed by atoms with E-state index in [0.717, 1.165) is 72.4 Å². The standard InChI is InChI=1S/C51H38O2/c1-5-13-33(6-2)36-18-20-37(21-19-36)38-22-26-47-44(31-38)43-24-25-45-50(49(43)52-47)53-48-27-23-39(32-46(48)51(45,3)4)42-29-40(34-14-9-7-10-15-34)28-41(30-42)35-16-11-8-12-17-35/h5-32H,1-2H2,3-4H3/b33-13+. The van der Waals surface area contributed by atoms with Crippen molar-refractivity contribution in [3.63, 3.8) is 0 Å². The lowest BCUT2D eigenvalue weighted by Gasteiger charge is -2.34. The van der Waals surface area contributed by atoms with E-state index in [2.05, 4.69) is 179 Å². The van der Waals surface area contributed by atoms with Crippen molar-refractivity contribution >= 4 is 27.5 Å². The molecule has 0 atom stereocenters. The van der Waals surface area contributed by atoms with Gasteiger partial charge in [0.2, 0.25) is 0 Å². The molecule has 0 saturated heterocycles. The second-order valence-corrected chi connectivity index (χ2v) is 14.2. The molecule has 2 heterocycles. The predicted octanol–water partition coefficient (Wildman–Crippen LogP) is 14.4. The third kappa shape index (κ3) is 5.60. The van der Waals surface area contributed by atoms with E-state index < -0.39 is 0 Å². The Morgan fingerprint density at radius 2 is 1.11 bits per heavy atom. The van der Waals surface area contributed by atoms with E-state index in [9.17, 15) is 0 Å². The van der Waals surface area contributed by atoms with Crippen LogP contribution in [0.25, 0.3) is 72.0 Å². The Labute approximate surface area is 310 Å². The molecule has 1 aliphatic heterocycles. The lowest BCUT2D eigenvalue weighted by Crippen LogP contribution is -2.24. The van der Waals surface area contributed by atoms with Crippen LogP contribution in [0.15, 0.2) is 187 Å². The van der Waals surface area contributed by atoms with Gasteiger partial charge >= 0.3 is 0 Å². The van der Waals surface area contributed by atoms with Gasteiger partial charge in [-0.05, 0) is 104 Å². The molecule has 0 bridgehead atoms. The zero-order valence-corrected chi connectivity index (χ0v) is 29.9. The number of furan rings is 1. The highest BCUT2D eigenvalue weighted by molar-refractivity contribution is 6.09. The first-order valence-electron chi connectivity index (χ1n) is 18.1. The molecular formula is C51H38O2. The molecule has 8 aromatic rings. The summed E-state index contributed by atoms with van der Waals surface area (Å²) in [5.74, 6) is 1.64. The number of ether oxygens (including phenoxy) is 1. The summed E-state index contributed by atoms with van der Waals surface area (Å²) in [5.41, 5.74) is 15.1. The van der Waals surface area contributed by atoms with Crippen molar-refractivity contribution in [2.75, 3.05) is 0 Å². The van der Waals surface area contributed by atoms with Crippen molar-refractivity contribution in [2.24, 2.45) is 0 Å². The number of rotatable bonds is 7. The fraction of sp³-hybridized carbons (Fsp3) is 0.0588. The molecule has 0 spiro atoms. The number of allylic oxidation sites excluding steroid dienone is 4. The van der Waals surface area contributed by atoms with Gasteiger partial charge in [-0.3, -0.25) is 0 Å². The Hall–Kier alpha value is -6.64. The molecule has 1 aromatic heterocycles. The van der Waals surface area contributed by atoms with Crippen LogP contribution in [0, 0.1) is 0 Å². The number of fused-ring (bicyclic) bond motifs is 6. The van der Waals surface area contributed by atoms with Crippen LogP contribution >= 0.6 is 0 Å². The van der Waals surface area contributed by atoms with Gasteiger partial charge in [0.15, 0.2) is 11.3 Å². The van der Waals surface area contributed by atoms with E-state index >= 15 is 0 Å². The zero-order valence-electron chi connectivity index (χ0n) is 29.9. The summed E-state index contributed by atoms with van der Waals surface area (Å²) in [6.07, 6.45) is 5.61. The van der Waals surface area contributed by atoms with E-state index in [1.54, 1.807) is 6.08 Å². The van der Waals surface area contributed by atoms with Gasteiger partial charge in [0.25, 0.3) is 0 Å². The highest BCUT2D eigenvalue weighted by atomic mass is 16.5. The van der Waals surface area contributed by atoms with E-state index in [1.807, 2.05) is 12.2 Å². The average Bonchev–Trinajstić information content (AvgIpc) is 3.59. The average molecular weight is 683 g/mol. The Morgan fingerprint density at radius 3 is 1.75 bits per heavy atom. The SMILES string of the molecule is C=C/C=C(\C=C)c1ccc(-c2ccc3oc4c5c(ccc4c3c2)C(C)(C)c2cc(-c3cc(-c4ccccc4)cc(-c4ccccc4)c3)ccc2O5)cc1. The molecule has 2 nitrogen and oxygen atoms in total. The van der Waals surface area contributed by atoms with Crippen LogP contribution in [0.4, 0.5) is 0 Å². The van der Waals surface area contributed by atoms with Crippen LogP contribution in [0.2, 0.25) is 0 Å². The second-order valence-electron chi connectivity index (χ2n) is 14.2. The Kier molecular flexibility index (Phi) is 7.82. The topological polar surface area (TPSA) is 22.4 Å². The van der Waals surface area contributed by atoms with Gasteiger partial charge in [-0.15, -0.1) is 0 Å². The van der Waals surface area contributed by atoms with Crippen LogP contribution in [0.5, 0.6) is 11.5 Å². The van der Waals surface area contributed by atoms with Gasteiger partial charge in [-0.2, -0.15) is 0 Å². The first-order chi connectivity index (χ1) is 25.9. The van der Waals surface area contributed by atoms with Crippen LogP contribution in [0.3, 0.4) is 0 Å². The highest BCUT2D eigenvalue weighted by Gasteiger charge is 2.36. The van der Waals surface area contributed by atoms with Gasteiger partial charge in [0.1, 0.15) is 11.3 Å². The summed E-state index contributed by atoms with van der Waals surface area (Å²) in [7, 11) is 0. The van der Waals surface area contributed by atoms with Crippen molar-refractivity contribution in [1.82, 2.24) is 0 Å². The number of hydrogen-bond acceptors (Lipinski definition) is 2. The molecular weight excluding hydrogens is 645 g/mol. The zero-order chi connectivity index (χ0) is 36.1. The van der Waals surface area contributed by atoms with Gasteiger partial charge in [-0.25, -0.2) is 0 Å². The molecule has 0 aliphatic carbocycles. The summed E-state index contributed by atoms with van der Waals surface area (Å²) in [5, 5.41) is 2.11. The van der Waals surface area contributed by atoms with E-state index in [0.29, 0.717) is 0 Å². The fourth-order valence-corrected chi connectivity index (χ4v) is 7.78. The van der Waals surface area contributed by atoms with Gasteiger partial charge < -0.3 is 9.15 Å². The molecule has 254 valence electrons. The summed E-state index contributed by atoms with van der Waals surface area (Å²) in [4.78, 5) is 0. The maximum Gasteiger partial charge on any atom is 0.178 e. The molecule has 9 rings (SSSR count). The minimum Gasteiger partial charge on any atom is -0.453 e. The highest BCUT2D eigenvalue weighted by Crippen LogP contribution is 2.52. The number of hydrogen-bond donors (Lipinski definition) is 0. The predicted molar refractivity (Wildman–Crippen MR) is 222 cm³/mol. The monoisotopic (exact) mass is 682 g/mol. The summed E-state index contributed by atoms with van der Waals surface area (Å²) < 4.78 is 13.4. The molecule has 0 fully saturated rings. The largest absolute Gasteiger partial charge is 0.453 e. The van der Waals surface area contributed by atoms with E-state index in [4.69, 9.17) is 9.15 Å². The van der Waals surface area contributed by atoms with Crippen molar-refractivity contribution in [2.45, 2.75) is 19.3 Å². The Morgan fingerprint density at radius 1 is 0.528 bits per heavy atom. The second kappa shape index (κ2) is 12.8. The minimum atomic E-state index is -0.331. The molecule has 7 aromatic carbocycles. The molecule has 0 saturated carbocycles. The normalized spacial score (nSPS) is 13.3. The van der Waals surface area contributed by atoms with Crippen LogP contribution in [-0.4, -0.2) is 0 Å². The van der Waals surface area contributed by atoms with E-state index in [-0.39, 0.29) is 5.41 Å². The molecule has 0 amide bonds. The summed E-state index contributed by atoms with van der Waals surface area (Å²) in [6.45, 7) is 12.3. The quantitative estimate of drug-likeness (QED) is 0.156. The van der Waals surface area contributed by atoms with Gasteiger partial charge in [0, 0.05) is 27.3 Å². The molecule has 2 heteroatoms. The minimum absolute atomic E-state index is 0.331. The molecule has 0 N–H and O–H groups in total. The van der Waals surface area contributed by atoms with Crippen molar-refractivity contribution in [1.29, 1.82) is 0 Å². The number of benzene rings is 7. The maximum atomic E-state index is 6.80. The maximum absolute atomic E-state index is 6.80. The van der Waals surface area contributed by atoms with Crippen molar-refractivity contribution < 1.29 is 9.15 Å². The summed E-state index contributed by atoms with van der Waals surface area (Å²) in [6, 6.07) is 54.1. The Bertz CT molecular complexity index is 2670. The Balaban J connectivity index is 1.10. The molecule has 0 unspecified atom stereocenters. The van der Waals surface area contributed by atoms with E-state index in [1.165, 1.54) is 27.8 Å². The summed E-state index contributed by atoms with van der Waals surface area (Å²) >= 11 is 0. The lowest BCUT2D eigenvalue weighted by molar-refractivity contribution is 0.415. The van der Waals surface area contributed by atoms with Crippen molar-refractivity contribution in [3.8, 4) is 56.0 Å². The van der Waals surface area contributed by atoms with Crippen LogP contribution in [0.1, 0.15) is 30.5 Å². The smallest absolute Gasteiger partial charge is 0.178 e. The van der Waals surface area contributed by atoms with Gasteiger partial charge in [0.05, 0.1) is 0 Å². The van der Waals surface area contributed by atoms with Crippen LogP contribution in [-0.2, 0) is 5.41 Å². The first-order valence-corrected chi connectivity index (χ1v) is 18.1. The van der Waals surface area contributed by atoms with Crippen LogP contribution < -0.4 is 4.74 Å².